The van der Waals surface area contributed by atoms with Crippen LogP contribution in [0.4, 0.5) is 0 Å². The Morgan fingerprint density at radius 2 is 1.80 bits per heavy atom. The van der Waals surface area contributed by atoms with Gasteiger partial charge in [-0.25, -0.2) is 8.42 Å². The molecule has 1 aliphatic carbocycles. The number of rotatable bonds is 5. The molecule has 4 rings (SSSR count). The van der Waals surface area contributed by atoms with Crippen LogP contribution in [0.25, 0.3) is 0 Å². The maximum Gasteiger partial charge on any atom is 0.268 e. The number of carbonyl (C=O) groups excluding carboxylic acids is 1. The molecule has 1 N–H and O–H groups in total. The third-order valence-electron chi connectivity index (χ3n) is 6.04. The van der Waals surface area contributed by atoms with E-state index in [9.17, 15) is 13.2 Å². The second-order valence-electron chi connectivity index (χ2n) is 8.12. The molecule has 0 bridgehead atoms. The zero-order chi connectivity index (χ0) is 21.3. The summed E-state index contributed by atoms with van der Waals surface area (Å²) in [6, 6.07) is 7.73. The maximum absolute atomic E-state index is 12.9. The minimum Gasteiger partial charge on any atom is -0.379 e. The molecule has 2 aromatic rings. The van der Waals surface area contributed by atoms with Crippen molar-refractivity contribution in [2.75, 3.05) is 26.3 Å². The Bertz CT molecular complexity index is 1040. The van der Waals surface area contributed by atoms with E-state index in [0.717, 1.165) is 18.4 Å². The van der Waals surface area contributed by atoms with Gasteiger partial charge in [0, 0.05) is 26.3 Å². The number of hydrogen-bond acceptors (Lipinski definition) is 4. The second-order valence-corrected chi connectivity index (χ2v) is 10.1. The number of nitrogens with one attached hydrogen (secondary N) is 1. The zero-order valence-corrected chi connectivity index (χ0v) is 18.4. The fraction of sp³-hybridized carbons (Fsp3) is 0.500. The van der Waals surface area contributed by atoms with Crippen LogP contribution < -0.4 is 5.32 Å². The van der Waals surface area contributed by atoms with Crippen molar-refractivity contribution in [3.05, 3.63) is 52.8 Å². The summed E-state index contributed by atoms with van der Waals surface area (Å²) in [7, 11) is -1.94. The van der Waals surface area contributed by atoms with E-state index in [-0.39, 0.29) is 16.8 Å². The average molecular weight is 432 g/mol. The van der Waals surface area contributed by atoms with Crippen LogP contribution in [0.3, 0.4) is 0 Å². The number of fused-ring (bicyclic) bond motifs is 1. The lowest BCUT2D eigenvalue weighted by molar-refractivity contribution is 0.0730. The minimum atomic E-state index is -3.64. The van der Waals surface area contributed by atoms with Gasteiger partial charge >= 0.3 is 0 Å². The smallest absolute Gasteiger partial charge is 0.268 e. The lowest BCUT2D eigenvalue weighted by Gasteiger charge is -2.25. The molecule has 0 radical (unpaired) electrons. The molecule has 162 valence electrons. The Labute approximate surface area is 178 Å². The van der Waals surface area contributed by atoms with Crippen LogP contribution in [-0.4, -0.2) is 49.5 Å². The molecular formula is C22H29N3O4S. The molecule has 1 aromatic heterocycles. The number of hydrogen-bond donors (Lipinski definition) is 1. The number of aryl methyl sites for hydroxylation is 3. The molecule has 0 saturated carbocycles. The van der Waals surface area contributed by atoms with Gasteiger partial charge in [0.2, 0.25) is 10.0 Å². The van der Waals surface area contributed by atoms with Gasteiger partial charge in [-0.3, -0.25) is 4.79 Å². The number of morpholine rings is 1. The van der Waals surface area contributed by atoms with Crippen LogP contribution >= 0.6 is 0 Å². The Morgan fingerprint density at radius 3 is 2.53 bits per heavy atom. The normalized spacial score (nSPS) is 18.6. The molecule has 2 heterocycles. The minimum absolute atomic E-state index is 0.137. The van der Waals surface area contributed by atoms with E-state index in [1.165, 1.54) is 40.5 Å². The fourth-order valence-electron chi connectivity index (χ4n) is 4.21. The molecule has 1 amide bonds. The molecule has 30 heavy (non-hydrogen) atoms. The van der Waals surface area contributed by atoms with Crippen molar-refractivity contribution in [2.24, 2.45) is 7.05 Å². The summed E-state index contributed by atoms with van der Waals surface area (Å²) in [6.45, 7) is 3.38. The van der Waals surface area contributed by atoms with Gasteiger partial charge in [0.05, 0.1) is 19.3 Å². The predicted molar refractivity (Wildman–Crippen MR) is 114 cm³/mol. The molecule has 2 aliphatic rings. The summed E-state index contributed by atoms with van der Waals surface area (Å²) >= 11 is 0. The number of carbonyl (C=O) groups is 1. The quantitative estimate of drug-likeness (QED) is 0.788. The van der Waals surface area contributed by atoms with Crippen LogP contribution in [0.5, 0.6) is 0 Å². The summed E-state index contributed by atoms with van der Waals surface area (Å²) < 4.78 is 34.0. The predicted octanol–water partition coefficient (Wildman–Crippen LogP) is 2.42. The number of ether oxygens (including phenoxy) is 1. The van der Waals surface area contributed by atoms with Gasteiger partial charge < -0.3 is 14.6 Å². The van der Waals surface area contributed by atoms with Crippen molar-refractivity contribution in [1.82, 2.24) is 14.2 Å². The first-order valence-corrected chi connectivity index (χ1v) is 12.0. The molecule has 7 nitrogen and oxygen atoms in total. The van der Waals surface area contributed by atoms with Gasteiger partial charge in [-0.15, -0.1) is 0 Å². The molecule has 8 heteroatoms. The largest absolute Gasteiger partial charge is 0.379 e. The van der Waals surface area contributed by atoms with Gasteiger partial charge in [-0.05, 0) is 55.4 Å². The van der Waals surface area contributed by atoms with Crippen LogP contribution in [0.2, 0.25) is 0 Å². The lowest BCUT2D eigenvalue weighted by atomic mass is 9.89. The lowest BCUT2D eigenvalue weighted by Crippen LogP contribution is -2.40. The maximum atomic E-state index is 12.9. The molecular weight excluding hydrogens is 402 g/mol. The third-order valence-corrected chi connectivity index (χ3v) is 7.90. The molecule has 1 atom stereocenters. The molecule has 1 aromatic carbocycles. The van der Waals surface area contributed by atoms with E-state index in [1.807, 2.05) is 6.92 Å². The third kappa shape index (κ3) is 4.17. The molecule has 1 aliphatic heterocycles. The van der Waals surface area contributed by atoms with Gasteiger partial charge in [0.1, 0.15) is 10.6 Å². The topological polar surface area (TPSA) is 80.6 Å². The van der Waals surface area contributed by atoms with Crippen molar-refractivity contribution < 1.29 is 17.9 Å². The van der Waals surface area contributed by atoms with E-state index >= 15 is 0 Å². The standard InChI is InChI=1S/C22H29N3O4S/c1-16(18-8-7-17-5-3-4-6-19(17)13-18)23-22(26)21-14-20(15-24(21)2)30(27,28)25-9-11-29-12-10-25/h7-8,13-16H,3-6,9-12H2,1-2H3,(H,23,26). The second kappa shape index (κ2) is 8.53. The van der Waals surface area contributed by atoms with Crippen molar-refractivity contribution >= 4 is 15.9 Å². The van der Waals surface area contributed by atoms with Crippen molar-refractivity contribution in [3.63, 3.8) is 0 Å². The SMILES string of the molecule is CC(NC(=O)c1cc(S(=O)(=O)N2CCOCC2)cn1C)c1ccc2c(c1)CCCC2. The number of nitrogens with zero attached hydrogens (tertiary/aromatic N) is 2. The molecule has 1 saturated heterocycles. The van der Waals surface area contributed by atoms with Crippen molar-refractivity contribution in [3.8, 4) is 0 Å². The first kappa shape index (κ1) is 21.1. The van der Waals surface area contributed by atoms with Gasteiger partial charge in [-0.2, -0.15) is 4.31 Å². The Morgan fingerprint density at radius 1 is 1.10 bits per heavy atom. The van der Waals surface area contributed by atoms with Crippen molar-refractivity contribution in [1.29, 1.82) is 0 Å². The van der Waals surface area contributed by atoms with E-state index in [0.29, 0.717) is 32.0 Å². The monoisotopic (exact) mass is 431 g/mol. The number of amides is 1. The first-order valence-electron chi connectivity index (χ1n) is 10.5. The van der Waals surface area contributed by atoms with Crippen LogP contribution in [0.1, 0.15) is 53.0 Å². The van der Waals surface area contributed by atoms with Gasteiger partial charge in [0.15, 0.2) is 0 Å². The molecule has 1 fully saturated rings. The molecule has 0 spiro atoms. The highest BCUT2D eigenvalue weighted by Crippen LogP contribution is 2.25. The van der Waals surface area contributed by atoms with E-state index < -0.39 is 10.0 Å². The number of benzene rings is 1. The summed E-state index contributed by atoms with van der Waals surface area (Å²) in [6.07, 6.45) is 6.16. The zero-order valence-electron chi connectivity index (χ0n) is 17.6. The first-order chi connectivity index (χ1) is 14.4. The van der Waals surface area contributed by atoms with Crippen LogP contribution in [-0.2, 0) is 34.6 Å². The van der Waals surface area contributed by atoms with E-state index in [2.05, 4.69) is 23.5 Å². The Hall–Kier alpha value is -2.16. The summed E-state index contributed by atoms with van der Waals surface area (Å²) in [5, 5.41) is 3.02. The number of sulfonamides is 1. The molecule has 1 unspecified atom stereocenters. The fourth-order valence-corrected chi connectivity index (χ4v) is 5.69. The van der Waals surface area contributed by atoms with Crippen LogP contribution in [0.15, 0.2) is 35.4 Å². The van der Waals surface area contributed by atoms with Gasteiger partial charge in [0.25, 0.3) is 5.91 Å². The highest BCUT2D eigenvalue weighted by molar-refractivity contribution is 7.89. The summed E-state index contributed by atoms with van der Waals surface area (Å²) in [5.74, 6) is -0.286. The highest BCUT2D eigenvalue weighted by atomic mass is 32.2. The summed E-state index contributed by atoms with van der Waals surface area (Å²) in [5.41, 5.74) is 4.17. The summed E-state index contributed by atoms with van der Waals surface area (Å²) in [4.78, 5) is 13.0. The Balaban J connectivity index is 1.50. The Kier molecular flexibility index (Phi) is 5.99. The van der Waals surface area contributed by atoms with E-state index in [1.54, 1.807) is 11.6 Å². The van der Waals surface area contributed by atoms with Crippen LogP contribution in [0, 0.1) is 0 Å². The number of aromatic nitrogens is 1. The van der Waals surface area contributed by atoms with Gasteiger partial charge in [-0.1, -0.05) is 18.2 Å². The average Bonchev–Trinajstić information content (AvgIpc) is 3.16. The van der Waals surface area contributed by atoms with E-state index in [4.69, 9.17) is 4.74 Å². The van der Waals surface area contributed by atoms with Crippen molar-refractivity contribution in [2.45, 2.75) is 43.5 Å². The highest BCUT2D eigenvalue weighted by Gasteiger charge is 2.29.